The highest BCUT2D eigenvalue weighted by molar-refractivity contribution is 6.36. The minimum absolute atomic E-state index is 0.754. The van der Waals surface area contributed by atoms with Gasteiger partial charge in [-0.15, -0.1) is 0 Å². The maximum atomic E-state index is 5.49. The molecule has 0 atom stereocenters. The Bertz CT molecular complexity index is 185. The average molecular weight is 320 g/mol. The first-order valence-electron chi connectivity index (χ1n) is 8.85. The number of nitrogens with zero attached hydrogens (tertiary/aromatic N) is 1. The second-order valence-electron chi connectivity index (χ2n) is 5.45. The van der Waals surface area contributed by atoms with Crippen molar-refractivity contribution >= 4 is 9.53 Å². The third-order valence-electron chi connectivity index (χ3n) is 3.15. The van der Waals surface area contributed by atoms with Crippen LogP contribution >= 0.6 is 0 Å². The van der Waals surface area contributed by atoms with Gasteiger partial charge in [-0.3, -0.25) is 0 Å². The van der Waals surface area contributed by atoms with Crippen LogP contribution < -0.4 is 0 Å². The molecule has 0 aromatic heterocycles. The lowest BCUT2D eigenvalue weighted by molar-refractivity contribution is 0.0933. The lowest BCUT2D eigenvalue weighted by atomic mass is 10.2. The van der Waals surface area contributed by atoms with E-state index in [0.717, 1.165) is 39.1 Å². The summed E-state index contributed by atoms with van der Waals surface area (Å²) in [6.45, 7) is 14.8. The van der Waals surface area contributed by atoms with Gasteiger partial charge in [0.1, 0.15) is 0 Å². The molecule has 1 aliphatic heterocycles. The van der Waals surface area contributed by atoms with E-state index in [-0.39, 0.29) is 0 Å². The number of hydrogen-bond acceptors (Lipinski definition) is 4. The lowest BCUT2D eigenvalue weighted by Crippen LogP contribution is -2.37. The van der Waals surface area contributed by atoms with E-state index in [0.29, 0.717) is 0 Å². The zero-order chi connectivity index (χ0) is 15.8. The van der Waals surface area contributed by atoms with E-state index in [1.54, 1.807) is 0 Å². The van der Waals surface area contributed by atoms with Crippen LogP contribution in [-0.2, 0) is 13.3 Å². The average Bonchev–Trinajstić information content (AvgIpc) is 2.46. The second-order valence-corrected chi connectivity index (χ2v) is 7.03. The molecule has 0 amide bonds. The summed E-state index contributed by atoms with van der Waals surface area (Å²) in [4.78, 5) is 2.52. The fraction of sp³-hybridized carbons (Fsp3) is 1.00. The van der Waals surface area contributed by atoms with Crippen LogP contribution in [0.4, 0.5) is 0 Å². The molecule has 128 valence electrons. The fourth-order valence-corrected chi connectivity index (χ4v) is 3.35. The van der Waals surface area contributed by atoms with Crippen LogP contribution in [0.2, 0.25) is 0 Å². The van der Waals surface area contributed by atoms with Crippen molar-refractivity contribution in [3.63, 3.8) is 0 Å². The number of likely N-dealkylation sites (tertiary alicyclic amines) is 1. The summed E-state index contributed by atoms with van der Waals surface area (Å²) in [6.07, 6.45) is 7.23. The van der Waals surface area contributed by atoms with Gasteiger partial charge in [-0.2, -0.15) is 0 Å². The molecular weight excluding hydrogens is 282 g/mol. The molecule has 1 fully saturated rings. The van der Waals surface area contributed by atoms with Crippen molar-refractivity contribution in [3.05, 3.63) is 0 Å². The SMILES string of the molecule is CCCCN1CCC1.CCCO[SiH](OCCC)OCCC. The predicted octanol–water partition coefficient (Wildman–Crippen LogP) is 3.48. The van der Waals surface area contributed by atoms with E-state index in [9.17, 15) is 0 Å². The van der Waals surface area contributed by atoms with Gasteiger partial charge >= 0.3 is 9.53 Å². The van der Waals surface area contributed by atoms with Gasteiger partial charge in [-0.1, -0.05) is 34.1 Å². The third-order valence-corrected chi connectivity index (χ3v) is 4.67. The monoisotopic (exact) mass is 319 g/mol. The van der Waals surface area contributed by atoms with Gasteiger partial charge < -0.3 is 18.2 Å². The van der Waals surface area contributed by atoms with Crippen LogP contribution in [-0.4, -0.2) is 53.9 Å². The summed E-state index contributed by atoms with van der Waals surface area (Å²) in [5.74, 6) is 0. The zero-order valence-corrected chi connectivity index (χ0v) is 15.9. The zero-order valence-electron chi connectivity index (χ0n) is 14.7. The topological polar surface area (TPSA) is 30.9 Å². The molecule has 0 spiro atoms. The van der Waals surface area contributed by atoms with Crippen molar-refractivity contribution < 1.29 is 13.3 Å². The minimum Gasteiger partial charge on any atom is -0.376 e. The summed E-state index contributed by atoms with van der Waals surface area (Å²) in [6, 6.07) is 0. The van der Waals surface area contributed by atoms with Crippen molar-refractivity contribution in [2.75, 3.05) is 39.5 Å². The summed E-state index contributed by atoms with van der Waals surface area (Å²) >= 11 is 0. The quantitative estimate of drug-likeness (QED) is 0.515. The van der Waals surface area contributed by atoms with Crippen LogP contribution in [0, 0.1) is 0 Å². The largest absolute Gasteiger partial charge is 0.484 e. The summed E-state index contributed by atoms with van der Waals surface area (Å²) in [5, 5.41) is 0. The first-order valence-corrected chi connectivity index (χ1v) is 10.3. The molecule has 21 heavy (non-hydrogen) atoms. The van der Waals surface area contributed by atoms with Crippen LogP contribution in [0.3, 0.4) is 0 Å². The highest BCUT2D eigenvalue weighted by atomic mass is 28.3. The Hall–Kier alpha value is 0.0569. The lowest BCUT2D eigenvalue weighted by Gasteiger charge is -2.30. The Kier molecular flexibility index (Phi) is 16.5. The Morgan fingerprint density at radius 2 is 1.24 bits per heavy atom. The molecule has 0 unspecified atom stereocenters. The third kappa shape index (κ3) is 13.4. The standard InChI is InChI=1S/C9H22O3Si.C7H15N/c1-4-7-10-13(11-8-5-2)12-9-6-3;1-2-3-5-8-6-4-7-8/h13H,4-9H2,1-3H3;2-7H2,1H3. The van der Waals surface area contributed by atoms with Crippen molar-refractivity contribution in [1.29, 1.82) is 0 Å². The van der Waals surface area contributed by atoms with Gasteiger partial charge in [0.25, 0.3) is 0 Å². The Morgan fingerprint density at radius 1 is 0.762 bits per heavy atom. The fourth-order valence-electron chi connectivity index (χ4n) is 1.77. The molecule has 1 rings (SSSR count). The van der Waals surface area contributed by atoms with Gasteiger partial charge in [-0.25, -0.2) is 0 Å². The molecule has 0 N–H and O–H groups in total. The van der Waals surface area contributed by atoms with Crippen molar-refractivity contribution in [2.24, 2.45) is 0 Å². The van der Waals surface area contributed by atoms with E-state index in [4.69, 9.17) is 13.3 Å². The van der Waals surface area contributed by atoms with Gasteiger partial charge in [0.05, 0.1) is 0 Å². The van der Waals surface area contributed by atoms with Crippen LogP contribution in [0.25, 0.3) is 0 Å². The summed E-state index contributed by atoms with van der Waals surface area (Å²) in [5.41, 5.74) is 0. The molecule has 0 aliphatic carbocycles. The van der Waals surface area contributed by atoms with Gasteiger partial charge in [0.2, 0.25) is 0 Å². The molecular formula is C16H37NO3Si. The molecule has 1 heterocycles. The van der Waals surface area contributed by atoms with Crippen molar-refractivity contribution in [3.8, 4) is 0 Å². The van der Waals surface area contributed by atoms with Gasteiger partial charge in [0, 0.05) is 19.8 Å². The summed E-state index contributed by atoms with van der Waals surface area (Å²) in [7, 11) is -1.79. The van der Waals surface area contributed by atoms with E-state index < -0.39 is 9.53 Å². The highest BCUT2D eigenvalue weighted by Crippen LogP contribution is 2.06. The Balaban J connectivity index is 0.000000423. The Morgan fingerprint density at radius 3 is 1.52 bits per heavy atom. The number of unbranched alkanes of at least 4 members (excludes halogenated alkanes) is 1. The minimum atomic E-state index is -1.79. The normalized spacial score (nSPS) is 14.7. The van der Waals surface area contributed by atoms with Crippen molar-refractivity contribution in [1.82, 2.24) is 4.90 Å². The first-order chi connectivity index (χ1) is 10.3. The van der Waals surface area contributed by atoms with Crippen LogP contribution in [0.5, 0.6) is 0 Å². The van der Waals surface area contributed by atoms with E-state index in [1.807, 2.05) is 0 Å². The van der Waals surface area contributed by atoms with Gasteiger partial charge in [0.15, 0.2) is 0 Å². The highest BCUT2D eigenvalue weighted by Gasteiger charge is 2.13. The maximum absolute atomic E-state index is 5.49. The van der Waals surface area contributed by atoms with Crippen molar-refractivity contribution in [2.45, 2.75) is 66.2 Å². The van der Waals surface area contributed by atoms with E-state index in [1.165, 1.54) is 38.9 Å². The maximum Gasteiger partial charge on any atom is 0.484 e. The predicted molar refractivity (Wildman–Crippen MR) is 91.8 cm³/mol. The Labute approximate surface area is 134 Å². The van der Waals surface area contributed by atoms with Crippen LogP contribution in [0.15, 0.2) is 0 Å². The molecule has 0 saturated carbocycles. The van der Waals surface area contributed by atoms with E-state index in [2.05, 4.69) is 32.6 Å². The molecule has 4 nitrogen and oxygen atoms in total. The van der Waals surface area contributed by atoms with Gasteiger partial charge in [-0.05, 0) is 51.7 Å². The smallest absolute Gasteiger partial charge is 0.376 e. The molecule has 1 saturated heterocycles. The second kappa shape index (κ2) is 16.4. The number of rotatable bonds is 12. The summed E-state index contributed by atoms with van der Waals surface area (Å²) < 4.78 is 16.5. The molecule has 0 bridgehead atoms. The van der Waals surface area contributed by atoms with E-state index >= 15 is 0 Å². The molecule has 0 aromatic carbocycles. The molecule has 0 radical (unpaired) electrons. The molecule has 0 aromatic rings. The molecule has 5 heteroatoms. The van der Waals surface area contributed by atoms with Crippen LogP contribution in [0.1, 0.15) is 66.2 Å². The first kappa shape index (κ1) is 21.1. The number of hydrogen-bond donors (Lipinski definition) is 0. The molecule has 1 aliphatic rings.